The molecule has 0 saturated carbocycles. The molecule has 1 aromatic carbocycles. The summed E-state index contributed by atoms with van der Waals surface area (Å²) in [5, 5.41) is 32.0. The first-order chi connectivity index (χ1) is 18.3. The number of carboxylic acid groups (broad SMARTS) is 1. The maximum absolute atomic E-state index is 12.2. The number of carbonyl (C=O) groups is 3. The van der Waals surface area contributed by atoms with E-state index in [2.05, 4.69) is 36.1 Å². The van der Waals surface area contributed by atoms with Crippen LogP contribution in [0.1, 0.15) is 42.6 Å². The Morgan fingerprint density at radius 3 is 2.08 bits per heavy atom. The molecule has 3 heterocycles. The molecule has 1 aliphatic heterocycles. The summed E-state index contributed by atoms with van der Waals surface area (Å²) in [6.07, 6.45) is 5.56. The maximum Gasteiger partial charge on any atom is 0.410 e. The van der Waals surface area contributed by atoms with Crippen LogP contribution in [0.25, 0.3) is 0 Å². The quantitative estimate of drug-likeness (QED) is 0.303. The number of piperidine rings is 1. The molecular weight excluding hydrogens is 539 g/mol. The molecule has 0 unspecified atom stereocenters. The number of aromatic amines is 2. The van der Waals surface area contributed by atoms with Gasteiger partial charge in [0.2, 0.25) is 5.91 Å². The highest BCUT2D eigenvalue weighted by molar-refractivity contribution is 6.34. The van der Waals surface area contributed by atoms with Crippen molar-refractivity contribution in [3.63, 3.8) is 0 Å². The lowest BCUT2D eigenvalue weighted by Gasteiger charge is -2.31. The van der Waals surface area contributed by atoms with Gasteiger partial charge in [-0.1, -0.05) is 23.2 Å². The van der Waals surface area contributed by atoms with Gasteiger partial charge in [0.15, 0.2) is 0 Å². The molecule has 13 nitrogen and oxygen atoms in total. The van der Waals surface area contributed by atoms with Crippen LogP contribution in [0.3, 0.4) is 0 Å². The minimum atomic E-state index is -0.817. The average Bonchev–Trinajstić information content (AvgIpc) is 3.60. The van der Waals surface area contributed by atoms with Crippen molar-refractivity contribution in [1.82, 2.24) is 41.0 Å². The van der Waals surface area contributed by atoms with E-state index < -0.39 is 5.97 Å². The van der Waals surface area contributed by atoms with Crippen molar-refractivity contribution in [2.75, 3.05) is 13.1 Å². The number of aromatic nitrogens is 6. The van der Waals surface area contributed by atoms with Gasteiger partial charge in [0, 0.05) is 48.4 Å². The fourth-order valence-electron chi connectivity index (χ4n) is 3.61. The number of hydrogen-bond donors (Lipinski definition) is 4. The summed E-state index contributed by atoms with van der Waals surface area (Å²) in [6, 6.07) is 5.10. The van der Waals surface area contributed by atoms with Crippen molar-refractivity contribution >= 4 is 41.2 Å². The van der Waals surface area contributed by atoms with Crippen molar-refractivity contribution < 1.29 is 24.2 Å². The van der Waals surface area contributed by atoms with Crippen LogP contribution in [-0.2, 0) is 33.8 Å². The van der Waals surface area contributed by atoms with Gasteiger partial charge in [0.1, 0.15) is 6.61 Å². The second kappa shape index (κ2) is 14.9. The Morgan fingerprint density at radius 2 is 1.55 bits per heavy atom. The van der Waals surface area contributed by atoms with E-state index in [1.165, 1.54) is 6.20 Å². The summed E-state index contributed by atoms with van der Waals surface area (Å²) < 4.78 is 5.34. The van der Waals surface area contributed by atoms with E-state index in [0.29, 0.717) is 60.9 Å². The lowest BCUT2D eigenvalue weighted by atomic mass is 10.1. The highest BCUT2D eigenvalue weighted by atomic mass is 35.5. The Kier molecular flexibility index (Phi) is 11.3. The van der Waals surface area contributed by atoms with Gasteiger partial charge in [-0.15, -0.1) is 0 Å². The fraction of sp³-hybridized carbons (Fsp3) is 0.435. The van der Waals surface area contributed by atoms with Crippen molar-refractivity contribution in [2.24, 2.45) is 0 Å². The molecule has 1 fully saturated rings. The number of nitrogens with zero attached hydrogens (tertiary/aromatic N) is 5. The van der Waals surface area contributed by atoms with Crippen LogP contribution in [0.15, 0.2) is 30.6 Å². The number of likely N-dealkylation sites (tertiary alicyclic amines) is 1. The average molecular weight is 567 g/mol. The third kappa shape index (κ3) is 10.3. The Balaban J connectivity index is 0.000000336. The molecule has 38 heavy (non-hydrogen) atoms. The Morgan fingerprint density at radius 1 is 0.974 bits per heavy atom. The molecule has 1 aliphatic rings. The van der Waals surface area contributed by atoms with Crippen LogP contribution < -0.4 is 5.32 Å². The van der Waals surface area contributed by atoms with Gasteiger partial charge >= 0.3 is 12.1 Å². The molecule has 204 valence electrons. The number of halogens is 2. The molecule has 1 saturated heterocycles. The molecular formula is C23H28Cl2N8O5. The van der Waals surface area contributed by atoms with Gasteiger partial charge < -0.3 is 20.1 Å². The number of rotatable bonds is 9. The van der Waals surface area contributed by atoms with Crippen LogP contribution in [0.5, 0.6) is 0 Å². The van der Waals surface area contributed by atoms with Crippen molar-refractivity contribution in [1.29, 1.82) is 0 Å². The van der Waals surface area contributed by atoms with E-state index in [1.54, 1.807) is 29.3 Å². The predicted molar refractivity (Wildman–Crippen MR) is 136 cm³/mol. The molecule has 4 rings (SSSR count). The number of H-pyrrole nitrogens is 2. The van der Waals surface area contributed by atoms with E-state index in [1.807, 2.05) is 0 Å². The molecule has 4 N–H and O–H groups in total. The van der Waals surface area contributed by atoms with Crippen LogP contribution in [-0.4, -0.2) is 77.9 Å². The van der Waals surface area contributed by atoms with Gasteiger partial charge in [-0.3, -0.25) is 9.59 Å². The van der Waals surface area contributed by atoms with Gasteiger partial charge in [0.25, 0.3) is 0 Å². The Hall–Kier alpha value is -3.71. The molecule has 2 amide bonds. The number of ether oxygens (including phenoxy) is 1. The lowest BCUT2D eigenvalue weighted by molar-refractivity contribution is -0.137. The van der Waals surface area contributed by atoms with Gasteiger partial charge in [-0.25, -0.2) is 4.79 Å². The summed E-state index contributed by atoms with van der Waals surface area (Å²) in [4.78, 5) is 36.0. The molecule has 2 aromatic heterocycles. The molecule has 3 aromatic rings. The normalized spacial score (nSPS) is 13.4. The number of nitrogens with one attached hydrogen (secondary N) is 3. The first-order valence-electron chi connectivity index (χ1n) is 11.9. The first kappa shape index (κ1) is 28.9. The third-order valence-electron chi connectivity index (χ3n) is 5.54. The second-order valence-corrected chi connectivity index (χ2v) is 9.35. The summed E-state index contributed by atoms with van der Waals surface area (Å²) >= 11 is 11.9. The van der Waals surface area contributed by atoms with E-state index in [-0.39, 0.29) is 31.1 Å². The summed E-state index contributed by atoms with van der Waals surface area (Å²) in [5.41, 5.74) is 2.18. The number of carbonyl (C=O) groups excluding carboxylic acids is 2. The maximum atomic E-state index is 12.2. The van der Waals surface area contributed by atoms with Gasteiger partial charge in [-0.05, 0) is 36.6 Å². The van der Waals surface area contributed by atoms with E-state index in [0.717, 1.165) is 11.3 Å². The monoisotopic (exact) mass is 566 g/mol. The standard InChI is InChI=1S/C18H21Cl2N5O3.C5H7N3O2/c19-13-7-12(8-14(20)9-13)11-28-18(27)25-5-3-15(4-6-25)22-17(26)2-1-16-10-21-24-23-16;9-5(10)2-1-4-3-6-8-7-4/h7-10,15H,1-6,11H2,(H,22,26)(H,21,23,24);3H,1-2H2,(H,9,10)(H,6,7,8). The van der Waals surface area contributed by atoms with Crippen molar-refractivity contribution in [3.8, 4) is 0 Å². The van der Waals surface area contributed by atoms with E-state index >= 15 is 0 Å². The van der Waals surface area contributed by atoms with E-state index in [9.17, 15) is 14.4 Å². The number of aliphatic carboxylic acids is 1. The predicted octanol–water partition coefficient (Wildman–Crippen LogP) is 2.78. The molecule has 0 atom stereocenters. The molecule has 0 bridgehead atoms. The van der Waals surface area contributed by atoms with Crippen molar-refractivity contribution in [3.05, 3.63) is 57.6 Å². The molecule has 15 heteroatoms. The zero-order valence-corrected chi connectivity index (χ0v) is 21.9. The number of carboxylic acids is 1. The second-order valence-electron chi connectivity index (χ2n) is 8.48. The van der Waals surface area contributed by atoms with Gasteiger partial charge in [0.05, 0.1) is 30.2 Å². The summed E-state index contributed by atoms with van der Waals surface area (Å²) in [5.74, 6) is -0.843. The zero-order valence-electron chi connectivity index (χ0n) is 20.4. The van der Waals surface area contributed by atoms with Crippen LogP contribution in [0, 0.1) is 0 Å². The molecule has 0 spiro atoms. The number of benzene rings is 1. The molecule has 0 radical (unpaired) electrons. The summed E-state index contributed by atoms with van der Waals surface area (Å²) in [6.45, 7) is 1.17. The third-order valence-corrected chi connectivity index (χ3v) is 5.97. The zero-order chi connectivity index (χ0) is 27.3. The topological polar surface area (TPSA) is 179 Å². The smallest absolute Gasteiger partial charge is 0.410 e. The van der Waals surface area contributed by atoms with Crippen LogP contribution in [0.2, 0.25) is 10.0 Å². The van der Waals surface area contributed by atoms with E-state index in [4.69, 9.17) is 33.0 Å². The van der Waals surface area contributed by atoms with Crippen molar-refractivity contribution in [2.45, 2.75) is 51.2 Å². The SMILES string of the molecule is O=C(CCc1cn[nH]n1)NC1CCN(C(=O)OCc2cc(Cl)cc(Cl)c2)CC1.O=C(O)CCc1cn[nH]n1. The van der Waals surface area contributed by atoms with Crippen LogP contribution >= 0.6 is 23.2 Å². The molecule has 0 aliphatic carbocycles. The highest BCUT2D eigenvalue weighted by Gasteiger charge is 2.24. The first-order valence-corrected chi connectivity index (χ1v) is 12.6. The highest BCUT2D eigenvalue weighted by Crippen LogP contribution is 2.20. The minimum absolute atomic E-state index is 0.0261. The van der Waals surface area contributed by atoms with Gasteiger partial charge in [-0.2, -0.15) is 30.8 Å². The number of aryl methyl sites for hydroxylation is 2. The lowest BCUT2D eigenvalue weighted by Crippen LogP contribution is -2.46. The fourth-order valence-corrected chi connectivity index (χ4v) is 4.18. The minimum Gasteiger partial charge on any atom is -0.481 e. The largest absolute Gasteiger partial charge is 0.481 e. The number of hydrogen-bond acceptors (Lipinski definition) is 8. The number of amides is 2. The summed E-state index contributed by atoms with van der Waals surface area (Å²) in [7, 11) is 0. The Bertz CT molecular complexity index is 1150. The Labute approximate surface area is 228 Å². The van der Waals surface area contributed by atoms with Crippen LogP contribution in [0.4, 0.5) is 4.79 Å².